The van der Waals surface area contributed by atoms with Crippen LogP contribution in [-0.4, -0.2) is 21.1 Å². The minimum Gasteiger partial charge on any atom is -0.470 e. The van der Waals surface area contributed by atoms with Gasteiger partial charge in [0.05, 0.1) is 23.0 Å². The van der Waals surface area contributed by atoms with E-state index in [4.69, 9.17) is 4.74 Å². The Balaban J connectivity index is 1.45. The lowest BCUT2D eigenvalue weighted by Crippen LogP contribution is -2.13. The van der Waals surface area contributed by atoms with Crippen LogP contribution in [0.5, 0.6) is 5.88 Å². The van der Waals surface area contributed by atoms with Crippen LogP contribution in [0.4, 0.5) is 5.69 Å². The minimum absolute atomic E-state index is 0.128. The second-order valence-electron chi connectivity index (χ2n) is 6.15. The van der Waals surface area contributed by atoms with Crippen molar-refractivity contribution in [3.63, 3.8) is 0 Å². The number of carbonyl (C=O) groups is 1. The van der Waals surface area contributed by atoms with E-state index >= 15 is 0 Å². The van der Waals surface area contributed by atoms with Crippen LogP contribution in [0.3, 0.4) is 0 Å². The number of benzene rings is 2. The third-order valence-corrected chi connectivity index (χ3v) is 4.29. The lowest BCUT2D eigenvalue weighted by Gasteiger charge is -2.14. The van der Waals surface area contributed by atoms with Crippen molar-refractivity contribution >= 4 is 22.5 Å². The van der Waals surface area contributed by atoms with Crippen LogP contribution < -0.4 is 10.1 Å². The van der Waals surface area contributed by atoms with Crippen LogP contribution >= 0.6 is 0 Å². The fourth-order valence-corrected chi connectivity index (χ4v) is 2.83. The first-order valence-electron chi connectivity index (χ1n) is 8.62. The molecule has 2 heterocycles. The molecule has 0 bridgehead atoms. The van der Waals surface area contributed by atoms with E-state index in [1.165, 1.54) is 6.20 Å². The molecule has 0 saturated heterocycles. The first kappa shape index (κ1) is 16.8. The molecule has 1 atom stereocenters. The summed E-state index contributed by atoms with van der Waals surface area (Å²) in [5.74, 6) is 0.228. The Labute approximate surface area is 156 Å². The van der Waals surface area contributed by atoms with Crippen molar-refractivity contribution in [2.75, 3.05) is 5.32 Å². The first-order valence-corrected chi connectivity index (χ1v) is 8.62. The number of pyridine rings is 1. The number of ether oxygens (including phenoxy) is 1. The lowest BCUT2D eigenvalue weighted by atomic mass is 10.1. The summed E-state index contributed by atoms with van der Waals surface area (Å²) >= 11 is 0. The quantitative estimate of drug-likeness (QED) is 0.556. The number of hydrogen-bond acceptors (Lipinski definition) is 4. The lowest BCUT2D eigenvalue weighted by molar-refractivity contribution is 0.102. The summed E-state index contributed by atoms with van der Waals surface area (Å²) in [4.78, 5) is 16.8. The minimum atomic E-state index is -0.243. The smallest absolute Gasteiger partial charge is 0.257 e. The van der Waals surface area contributed by atoms with Crippen molar-refractivity contribution in [3.05, 3.63) is 84.2 Å². The van der Waals surface area contributed by atoms with Gasteiger partial charge in [0.1, 0.15) is 6.10 Å². The van der Waals surface area contributed by atoms with E-state index in [2.05, 4.69) is 20.5 Å². The fourth-order valence-electron chi connectivity index (χ4n) is 2.83. The van der Waals surface area contributed by atoms with E-state index in [0.29, 0.717) is 17.1 Å². The van der Waals surface area contributed by atoms with Gasteiger partial charge in [0.2, 0.25) is 5.88 Å². The number of H-pyrrole nitrogens is 1. The molecule has 0 aliphatic heterocycles. The van der Waals surface area contributed by atoms with Gasteiger partial charge in [-0.15, -0.1) is 0 Å². The van der Waals surface area contributed by atoms with Gasteiger partial charge in [-0.2, -0.15) is 5.10 Å². The van der Waals surface area contributed by atoms with Crippen molar-refractivity contribution in [3.8, 4) is 5.88 Å². The number of para-hydroxylation sites is 1. The van der Waals surface area contributed by atoms with E-state index in [1.54, 1.807) is 18.3 Å². The van der Waals surface area contributed by atoms with Gasteiger partial charge in [0.25, 0.3) is 5.91 Å². The summed E-state index contributed by atoms with van der Waals surface area (Å²) in [7, 11) is 0. The fraction of sp³-hybridized carbons (Fsp3) is 0.0952. The number of nitrogens with one attached hydrogen (secondary N) is 2. The maximum absolute atomic E-state index is 12.5. The number of anilines is 1. The second kappa shape index (κ2) is 7.29. The van der Waals surface area contributed by atoms with Crippen LogP contribution in [0.15, 0.2) is 73.1 Å². The molecule has 0 fully saturated rings. The summed E-state index contributed by atoms with van der Waals surface area (Å²) in [6, 6.07) is 18.9. The van der Waals surface area contributed by atoms with Gasteiger partial charge in [0, 0.05) is 17.6 Å². The van der Waals surface area contributed by atoms with Crippen molar-refractivity contribution < 1.29 is 9.53 Å². The van der Waals surface area contributed by atoms with E-state index in [-0.39, 0.29) is 12.0 Å². The monoisotopic (exact) mass is 358 g/mol. The van der Waals surface area contributed by atoms with Gasteiger partial charge >= 0.3 is 0 Å². The van der Waals surface area contributed by atoms with Gasteiger partial charge in [-0.3, -0.25) is 9.89 Å². The predicted octanol–water partition coefficient (Wildman–Crippen LogP) is 4.35. The Bertz CT molecular complexity index is 1060. The highest BCUT2D eigenvalue weighted by Gasteiger charge is 2.12. The van der Waals surface area contributed by atoms with Crippen LogP contribution in [0.2, 0.25) is 0 Å². The molecule has 0 unspecified atom stereocenters. The van der Waals surface area contributed by atoms with Crippen molar-refractivity contribution in [1.82, 2.24) is 15.2 Å². The maximum Gasteiger partial charge on any atom is 0.257 e. The summed E-state index contributed by atoms with van der Waals surface area (Å²) < 4.78 is 5.84. The van der Waals surface area contributed by atoms with E-state index in [9.17, 15) is 4.79 Å². The number of carbonyl (C=O) groups excluding carboxylic acids is 1. The zero-order valence-electron chi connectivity index (χ0n) is 14.7. The summed E-state index contributed by atoms with van der Waals surface area (Å²) in [6.45, 7) is 1.96. The number of amides is 1. The zero-order valence-corrected chi connectivity index (χ0v) is 14.7. The van der Waals surface area contributed by atoms with Gasteiger partial charge in [-0.05, 0) is 24.6 Å². The highest BCUT2D eigenvalue weighted by molar-refractivity contribution is 6.08. The zero-order chi connectivity index (χ0) is 18.6. The average Bonchev–Trinajstić information content (AvgIpc) is 3.19. The molecule has 0 aliphatic carbocycles. The Morgan fingerprint density at radius 3 is 2.67 bits per heavy atom. The summed E-state index contributed by atoms with van der Waals surface area (Å²) in [5.41, 5.74) is 2.98. The molecule has 2 N–H and O–H groups in total. The highest BCUT2D eigenvalue weighted by atomic mass is 16.5. The number of aromatic amines is 1. The average molecular weight is 358 g/mol. The summed E-state index contributed by atoms with van der Waals surface area (Å²) in [6.07, 6.45) is 3.10. The molecule has 2 aromatic heterocycles. The Morgan fingerprint density at radius 2 is 1.89 bits per heavy atom. The maximum atomic E-state index is 12.5. The number of aromatic nitrogens is 3. The molecule has 0 spiro atoms. The molecule has 27 heavy (non-hydrogen) atoms. The number of rotatable bonds is 5. The highest BCUT2D eigenvalue weighted by Crippen LogP contribution is 2.22. The number of nitrogens with zero attached hydrogens (tertiary/aromatic N) is 2. The second-order valence-corrected chi connectivity index (χ2v) is 6.15. The Morgan fingerprint density at radius 1 is 1.04 bits per heavy atom. The van der Waals surface area contributed by atoms with Crippen molar-refractivity contribution in [2.24, 2.45) is 0 Å². The molecule has 0 radical (unpaired) electrons. The van der Waals surface area contributed by atoms with Gasteiger partial charge in [0.15, 0.2) is 0 Å². The third kappa shape index (κ3) is 3.64. The van der Waals surface area contributed by atoms with Gasteiger partial charge in [-0.25, -0.2) is 4.98 Å². The molecule has 0 aliphatic rings. The van der Waals surface area contributed by atoms with Crippen LogP contribution in [0.25, 0.3) is 10.9 Å². The topological polar surface area (TPSA) is 79.9 Å². The van der Waals surface area contributed by atoms with Gasteiger partial charge < -0.3 is 10.1 Å². The third-order valence-electron chi connectivity index (χ3n) is 4.29. The Hall–Kier alpha value is -3.67. The molecule has 4 rings (SSSR count). The van der Waals surface area contributed by atoms with Crippen LogP contribution in [0.1, 0.15) is 28.9 Å². The number of fused-ring (bicyclic) bond motifs is 1. The molecule has 0 saturated carbocycles. The van der Waals surface area contributed by atoms with E-state index in [0.717, 1.165) is 16.5 Å². The first-order chi connectivity index (χ1) is 13.2. The largest absolute Gasteiger partial charge is 0.470 e. The molecule has 1 amide bonds. The molecule has 4 aromatic rings. The molecule has 6 nitrogen and oxygen atoms in total. The number of hydrogen-bond donors (Lipinski definition) is 2. The van der Waals surface area contributed by atoms with Crippen LogP contribution in [-0.2, 0) is 0 Å². The van der Waals surface area contributed by atoms with Crippen molar-refractivity contribution in [2.45, 2.75) is 13.0 Å². The van der Waals surface area contributed by atoms with E-state index in [1.807, 2.05) is 55.5 Å². The molecule has 2 aromatic carbocycles. The molecule has 6 heteroatoms. The Kier molecular flexibility index (Phi) is 4.53. The predicted molar refractivity (Wildman–Crippen MR) is 104 cm³/mol. The standard InChI is InChI=1S/C21H18N4O2/c1-14(15-6-3-2-4-7-15)27-19-11-10-17(12-22-19)21(26)24-18-9-5-8-16-13-23-25-20(16)18/h2-14H,1H3,(H,23,25)(H,24,26)/t14-/m1/s1. The summed E-state index contributed by atoms with van der Waals surface area (Å²) in [5, 5.41) is 10.7. The van der Waals surface area contributed by atoms with E-state index < -0.39 is 0 Å². The molecular weight excluding hydrogens is 340 g/mol. The van der Waals surface area contributed by atoms with Crippen LogP contribution in [0, 0.1) is 0 Å². The normalized spacial score (nSPS) is 11.9. The van der Waals surface area contributed by atoms with Crippen molar-refractivity contribution in [1.29, 1.82) is 0 Å². The molecular formula is C21H18N4O2. The van der Waals surface area contributed by atoms with Gasteiger partial charge in [-0.1, -0.05) is 42.5 Å². The SMILES string of the molecule is C[C@@H](Oc1ccc(C(=O)Nc2cccc3cn[nH]c23)cn1)c1ccccc1. The molecule has 134 valence electrons.